The molecule has 0 aromatic heterocycles. The van der Waals surface area contributed by atoms with Crippen molar-refractivity contribution in [3.8, 4) is 0 Å². The number of nitrogens with zero attached hydrogens (tertiary/aromatic N) is 4. The van der Waals surface area contributed by atoms with E-state index in [-0.39, 0.29) is 5.91 Å². The van der Waals surface area contributed by atoms with Gasteiger partial charge in [-0.1, -0.05) is 17.2 Å². The summed E-state index contributed by atoms with van der Waals surface area (Å²) in [5, 5.41) is 6.26. The molecule has 1 aliphatic rings. The predicted octanol–water partition coefficient (Wildman–Crippen LogP) is 1.56. The van der Waals surface area contributed by atoms with Crippen molar-refractivity contribution in [1.29, 1.82) is 0 Å². The van der Waals surface area contributed by atoms with E-state index < -0.39 is 0 Å². The summed E-state index contributed by atoms with van der Waals surface area (Å²) in [5.74, 6) is 0.0328. The van der Waals surface area contributed by atoms with E-state index >= 15 is 0 Å². The molecule has 6 nitrogen and oxygen atoms in total. The topological polar surface area (TPSA) is 81.1 Å². The molecule has 1 fully saturated rings. The number of piperazine rings is 1. The van der Waals surface area contributed by atoms with Gasteiger partial charge in [0.1, 0.15) is 0 Å². The molecule has 82 valence electrons. The summed E-state index contributed by atoms with van der Waals surface area (Å²) in [6.07, 6.45) is 0. The largest absolute Gasteiger partial charge is 0.360 e. The average Bonchev–Trinajstić information content (AvgIpc) is 2.30. The molecule has 0 atom stereocenters. The Balaban J connectivity index is 2.14. The fraction of sp³-hybridized carbons (Fsp3) is 0.300. The Morgan fingerprint density at radius 3 is 2.75 bits per heavy atom. The second-order valence-electron chi connectivity index (χ2n) is 3.48. The molecule has 1 heterocycles. The highest BCUT2D eigenvalue weighted by Crippen LogP contribution is 2.20. The highest BCUT2D eigenvalue weighted by molar-refractivity contribution is 5.82. The fourth-order valence-corrected chi connectivity index (χ4v) is 1.64. The Hall–Kier alpha value is -2.20. The molecule has 1 aromatic carbocycles. The van der Waals surface area contributed by atoms with Gasteiger partial charge in [-0.2, -0.15) is 0 Å². The number of carbonyl (C=O) groups is 1. The number of hydrogen-bond acceptors (Lipinski definition) is 3. The third-order valence-electron chi connectivity index (χ3n) is 2.41. The van der Waals surface area contributed by atoms with Gasteiger partial charge in [-0.25, -0.2) is 0 Å². The van der Waals surface area contributed by atoms with E-state index in [1.165, 1.54) is 0 Å². The monoisotopic (exact) mass is 217 g/mol. The van der Waals surface area contributed by atoms with Crippen LogP contribution in [0.1, 0.15) is 0 Å². The van der Waals surface area contributed by atoms with Crippen molar-refractivity contribution in [1.82, 2.24) is 5.32 Å². The van der Waals surface area contributed by atoms with Crippen molar-refractivity contribution < 1.29 is 4.79 Å². The lowest BCUT2D eigenvalue weighted by Crippen LogP contribution is -2.47. The second kappa shape index (κ2) is 4.55. The van der Waals surface area contributed by atoms with Gasteiger partial charge >= 0.3 is 0 Å². The number of nitrogens with one attached hydrogen (secondary N) is 1. The first-order valence-electron chi connectivity index (χ1n) is 4.96. The van der Waals surface area contributed by atoms with Gasteiger partial charge in [0.15, 0.2) is 0 Å². The molecule has 0 saturated carbocycles. The number of benzene rings is 1. The number of anilines is 1. The zero-order valence-corrected chi connectivity index (χ0v) is 8.63. The van der Waals surface area contributed by atoms with Crippen molar-refractivity contribution in [3.63, 3.8) is 0 Å². The molecule has 0 bridgehead atoms. The Labute approximate surface area is 92.5 Å². The molecule has 1 saturated heterocycles. The molecular weight excluding hydrogens is 206 g/mol. The number of azide groups is 1. The first kappa shape index (κ1) is 10.3. The van der Waals surface area contributed by atoms with Crippen LogP contribution >= 0.6 is 0 Å². The third kappa shape index (κ3) is 2.24. The fourth-order valence-electron chi connectivity index (χ4n) is 1.64. The Bertz CT molecular complexity index is 435. The van der Waals surface area contributed by atoms with Crippen LogP contribution < -0.4 is 10.2 Å². The summed E-state index contributed by atoms with van der Waals surface area (Å²) < 4.78 is 0. The summed E-state index contributed by atoms with van der Waals surface area (Å²) in [4.78, 5) is 15.9. The van der Waals surface area contributed by atoms with E-state index in [0.29, 0.717) is 18.8 Å². The summed E-state index contributed by atoms with van der Waals surface area (Å²) in [5.41, 5.74) is 9.81. The quantitative estimate of drug-likeness (QED) is 0.463. The van der Waals surface area contributed by atoms with E-state index in [9.17, 15) is 4.79 Å². The molecule has 0 aliphatic carbocycles. The van der Waals surface area contributed by atoms with Gasteiger partial charge < -0.3 is 10.2 Å². The second-order valence-corrected chi connectivity index (χ2v) is 3.48. The maximum Gasteiger partial charge on any atom is 0.239 e. The van der Waals surface area contributed by atoms with Gasteiger partial charge in [-0.05, 0) is 17.7 Å². The Morgan fingerprint density at radius 2 is 2.12 bits per heavy atom. The van der Waals surface area contributed by atoms with Gasteiger partial charge in [0, 0.05) is 29.4 Å². The van der Waals surface area contributed by atoms with Gasteiger partial charge in [0.05, 0.1) is 6.54 Å². The Morgan fingerprint density at radius 1 is 1.38 bits per heavy atom. The van der Waals surface area contributed by atoms with E-state index in [1.54, 1.807) is 12.1 Å². The van der Waals surface area contributed by atoms with Crippen LogP contribution in [0.2, 0.25) is 0 Å². The number of amides is 1. The lowest BCUT2D eigenvalue weighted by molar-refractivity contribution is -0.120. The molecule has 16 heavy (non-hydrogen) atoms. The third-order valence-corrected chi connectivity index (χ3v) is 2.41. The van der Waals surface area contributed by atoms with Crippen LogP contribution in [0.4, 0.5) is 11.4 Å². The minimum absolute atomic E-state index is 0.0328. The molecule has 1 aromatic rings. The number of carbonyl (C=O) groups excluding carboxylic acids is 1. The van der Waals surface area contributed by atoms with E-state index in [1.807, 2.05) is 17.0 Å². The molecule has 1 aliphatic heterocycles. The van der Waals surface area contributed by atoms with Crippen LogP contribution in [-0.2, 0) is 4.79 Å². The van der Waals surface area contributed by atoms with Crippen molar-refractivity contribution in [2.24, 2.45) is 5.11 Å². The lowest BCUT2D eigenvalue weighted by atomic mass is 10.2. The minimum Gasteiger partial charge on any atom is -0.360 e. The standard InChI is InChI=1S/C10H11N5O/c11-14-13-8-1-3-9(4-2-8)15-6-5-12-10(16)7-15/h1-4H,5-7H2,(H,12,16). The summed E-state index contributed by atoms with van der Waals surface area (Å²) in [6.45, 7) is 1.84. The maximum atomic E-state index is 11.2. The summed E-state index contributed by atoms with van der Waals surface area (Å²) in [6, 6.07) is 7.17. The summed E-state index contributed by atoms with van der Waals surface area (Å²) >= 11 is 0. The molecule has 0 spiro atoms. The highest BCUT2D eigenvalue weighted by atomic mass is 16.2. The van der Waals surface area contributed by atoms with Gasteiger partial charge in [-0.3, -0.25) is 4.79 Å². The van der Waals surface area contributed by atoms with Gasteiger partial charge in [0.2, 0.25) is 5.91 Å². The lowest BCUT2D eigenvalue weighted by Gasteiger charge is -2.28. The van der Waals surface area contributed by atoms with Crippen LogP contribution in [0, 0.1) is 0 Å². The number of rotatable bonds is 2. The van der Waals surface area contributed by atoms with Crippen LogP contribution in [0.15, 0.2) is 29.4 Å². The van der Waals surface area contributed by atoms with Crippen LogP contribution in [0.25, 0.3) is 10.4 Å². The highest BCUT2D eigenvalue weighted by Gasteiger charge is 2.15. The smallest absolute Gasteiger partial charge is 0.239 e. The van der Waals surface area contributed by atoms with Crippen molar-refractivity contribution in [3.05, 3.63) is 34.7 Å². The first-order valence-corrected chi connectivity index (χ1v) is 4.96. The zero-order valence-electron chi connectivity index (χ0n) is 8.63. The predicted molar refractivity (Wildman–Crippen MR) is 60.5 cm³/mol. The van der Waals surface area contributed by atoms with E-state index in [2.05, 4.69) is 15.3 Å². The normalized spacial score (nSPS) is 15.2. The van der Waals surface area contributed by atoms with Crippen molar-refractivity contribution in [2.45, 2.75) is 0 Å². The Kier molecular flexibility index (Phi) is 2.93. The summed E-state index contributed by atoms with van der Waals surface area (Å²) in [7, 11) is 0. The average molecular weight is 217 g/mol. The minimum atomic E-state index is 0.0328. The maximum absolute atomic E-state index is 11.2. The number of hydrogen-bond donors (Lipinski definition) is 1. The van der Waals surface area contributed by atoms with Crippen LogP contribution in [0.5, 0.6) is 0 Å². The van der Waals surface area contributed by atoms with E-state index in [0.717, 1.165) is 12.2 Å². The molecular formula is C10H11N5O. The molecule has 6 heteroatoms. The van der Waals surface area contributed by atoms with Gasteiger partial charge in [0.25, 0.3) is 0 Å². The molecule has 0 radical (unpaired) electrons. The van der Waals surface area contributed by atoms with Crippen molar-refractivity contribution >= 4 is 17.3 Å². The zero-order chi connectivity index (χ0) is 11.4. The SMILES string of the molecule is [N-]=[N+]=Nc1ccc(N2CCNC(=O)C2)cc1. The van der Waals surface area contributed by atoms with Crippen molar-refractivity contribution in [2.75, 3.05) is 24.5 Å². The van der Waals surface area contributed by atoms with Crippen LogP contribution in [0.3, 0.4) is 0 Å². The molecule has 1 amide bonds. The molecule has 1 N–H and O–H groups in total. The molecule has 0 unspecified atom stereocenters. The van der Waals surface area contributed by atoms with Gasteiger partial charge in [-0.15, -0.1) is 0 Å². The van der Waals surface area contributed by atoms with Crippen LogP contribution in [-0.4, -0.2) is 25.5 Å². The molecule has 2 rings (SSSR count). The van der Waals surface area contributed by atoms with E-state index in [4.69, 9.17) is 5.53 Å². The first-order chi connectivity index (χ1) is 7.79.